The van der Waals surface area contributed by atoms with Crippen LogP contribution in [0.5, 0.6) is 5.75 Å². The number of benzene rings is 2. The number of rotatable bonds is 8. The molecule has 6 heteroatoms. The minimum atomic E-state index is -0.941. The summed E-state index contributed by atoms with van der Waals surface area (Å²) in [5, 5.41) is 11.7. The number of hydrogen-bond donors (Lipinski definition) is 2. The van der Waals surface area contributed by atoms with Crippen molar-refractivity contribution < 1.29 is 19.4 Å². The van der Waals surface area contributed by atoms with Gasteiger partial charge in [0.25, 0.3) is 0 Å². The lowest BCUT2D eigenvalue weighted by Gasteiger charge is -2.07. The summed E-state index contributed by atoms with van der Waals surface area (Å²) in [6.45, 7) is 2.53. The standard InChI is InChI=1S/C18H19NO4S/c1-2-23-16-9-7-15(8-10-16)19-17(20)12-24-11-13-3-5-14(6-4-13)18(21)22/h3-10H,2,11-12H2,1H3,(H,19,20)(H,21,22). The Kier molecular flexibility index (Phi) is 6.69. The van der Waals surface area contributed by atoms with Crippen molar-refractivity contribution >= 4 is 29.3 Å². The van der Waals surface area contributed by atoms with Gasteiger partial charge < -0.3 is 15.2 Å². The number of thioether (sulfide) groups is 1. The smallest absolute Gasteiger partial charge is 0.335 e. The third kappa shape index (κ3) is 5.62. The molecule has 5 nitrogen and oxygen atoms in total. The Labute approximate surface area is 145 Å². The van der Waals surface area contributed by atoms with Crippen molar-refractivity contribution in [3.8, 4) is 5.75 Å². The Hall–Kier alpha value is -2.47. The molecule has 0 saturated heterocycles. The third-order valence-electron chi connectivity index (χ3n) is 3.15. The fourth-order valence-electron chi connectivity index (χ4n) is 2.00. The molecule has 0 aliphatic heterocycles. The Morgan fingerprint density at radius 2 is 1.75 bits per heavy atom. The Bertz CT molecular complexity index is 683. The Balaban J connectivity index is 1.75. The lowest BCUT2D eigenvalue weighted by molar-refractivity contribution is -0.113. The number of amides is 1. The van der Waals surface area contributed by atoms with Crippen molar-refractivity contribution in [2.45, 2.75) is 12.7 Å². The molecule has 0 heterocycles. The fraction of sp³-hybridized carbons (Fsp3) is 0.222. The highest BCUT2D eigenvalue weighted by molar-refractivity contribution is 7.99. The van der Waals surface area contributed by atoms with E-state index in [1.54, 1.807) is 36.4 Å². The number of hydrogen-bond acceptors (Lipinski definition) is 4. The average Bonchev–Trinajstić information content (AvgIpc) is 2.57. The van der Waals surface area contributed by atoms with Gasteiger partial charge in [-0.25, -0.2) is 4.79 Å². The molecule has 1 amide bonds. The topological polar surface area (TPSA) is 75.6 Å². The quantitative estimate of drug-likeness (QED) is 0.764. The van der Waals surface area contributed by atoms with E-state index in [1.165, 1.54) is 11.8 Å². The minimum absolute atomic E-state index is 0.0775. The van der Waals surface area contributed by atoms with Crippen LogP contribution in [0.4, 0.5) is 5.69 Å². The fourth-order valence-corrected chi connectivity index (χ4v) is 2.79. The van der Waals surface area contributed by atoms with Crippen LogP contribution < -0.4 is 10.1 Å². The molecule has 0 aromatic heterocycles. The van der Waals surface area contributed by atoms with Gasteiger partial charge in [-0.05, 0) is 48.9 Å². The van der Waals surface area contributed by atoms with Crippen LogP contribution in [-0.4, -0.2) is 29.3 Å². The van der Waals surface area contributed by atoms with Crippen LogP contribution >= 0.6 is 11.8 Å². The second-order valence-electron chi connectivity index (χ2n) is 5.00. The number of carboxylic acid groups (broad SMARTS) is 1. The van der Waals surface area contributed by atoms with Crippen molar-refractivity contribution in [1.29, 1.82) is 0 Å². The highest BCUT2D eigenvalue weighted by Gasteiger charge is 2.05. The molecule has 2 aromatic carbocycles. The summed E-state index contributed by atoms with van der Waals surface area (Å²) in [6.07, 6.45) is 0. The molecule has 2 rings (SSSR count). The van der Waals surface area contributed by atoms with Gasteiger partial charge in [-0.1, -0.05) is 12.1 Å². The normalized spacial score (nSPS) is 10.2. The van der Waals surface area contributed by atoms with E-state index in [2.05, 4.69) is 5.32 Å². The van der Waals surface area contributed by atoms with E-state index in [1.807, 2.05) is 19.1 Å². The average molecular weight is 345 g/mol. The van der Waals surface area contributed by atoms with Crippen molar-refractivity contribution in [3.05, 3.63) is 59.7 Å². The number of carbonyl (C=O) groups is 2. The lowest BCUT2D eigenvalue weighted by Crippen LogP contribution is -2.14. The molecule has 0 saturated carbocycles. The summed E-state index contributed by atoms with van der Waals surface area (Å²) in [6, 6.07) is 13.9. The zero-order valence-corrected chi connectivity index (χ0v) is 14.1. The van der Waals surface area contributed by atoms with Crippen molar-refractivity contribution in [2.24, 2.45) is 0 Å². The number of anilines is 1. The first-order chi connectivity index (χ1) is 11.6. The number of carbonyl (C=O) groups excluding carboxylic acids is 1. The van der Waals surface area contributed by atoms with Gasteiger partial charge in [0, 0.05) is 11.4 Å². The molecule has 24 heavy (non-hydrogen) atoms. The van der Waals surface area contributed by atoms with Crippen LogP contribution in [-0.2, 0) is 10.5 Å². The maximum absolute atomic E-state index is 11.9. The second kappa shape index (κ2) is 8.98. The number of carboxylic acids is 1. The monoisotopic (exact) mass is 345 g/mol. The molecule has 0 radical (unpaired) electrons. The maximum Gasteiger partial charge on any atom is 0.335 e. The van der Waals surface area contributed by atoms with Gasteiger partial charge in [0.05, 0.1) is 17.9 Å². The molecule has 126 valence electrons. The second-order valence-corrected chi connectivity index (χ2v) is 5.99. The van der Waals surface area contributed by atoms with Gasteiger partial charge in [0.2, 0.25) is 5.91 Å². The first kappa shape index (κ1) is 17.9. The molecule has 0 fully saturated rings. The molecule has 0 aliphatic rings. The van der Waals surface area contributed by atoms with Crippen LogP contribution in [0.1, 0.15) is 22.8 Å². The van der Waals surface area contributed by atoms with E-state index in [0.717, 1.165) is 17.0 Å². The first-order valence-electron chi connectivity index (χ1n) is 7.51. The van der Waals surface area contributed by atoms with Crippen LogP contribution in [0.15, 0.2) is 48.5 Å². The van der Waals surface area contributed by atoms with E-state index in [4.69, 9.17) is 9.84 Å². The van der Waals surface area contributed by atoms with Gasteiger partial charge >= 0.3 is 5.97 Å². The largest absolute Gasteiger partial charge is 0.494 e. The molecular weight excluding hydrogens is 326 g/mol. The van der Waals surface area contributed by atoms with Crippen molar-refractivity contribution in [3.63, 3.8) is 0 Å². The van der Waals surface area contributed by atoms with E-state index in [0.29, 0.717) is 18.1 Å². The Morgan fingerprint density at radius 3 is 2.33 bits per heavy atom. The van der Waals surface area contributed by atoms with Gasteiger partial charge in [-0.15, -0.1) is 11.8 Å². The number of nitrogens with one attached hydrogen (secondary N) is 1. The highest BCUT2D eigenvalue weighted by atomic mass is 32.2. The van der Waals surface area contributed by atoms with Crippen LogP contribution in [0.2, 0.25) is 0 Å². The van der Waals surface area contributed by atoms with Gasteiger partial charge in [-0.2, -0.15) is 0 Å². The summed E-state index contributed by atoms with van der Waals surface area (Å²) in [5.41, 5.74) is 1.98. The SMILES string of the molecule is CCOc1ccc(NC(=O)CSCc2ccc(C(=O)O)cc2)cc1. The maximum atomic E-state index is 11.9. The van der Waals surface area contributed by atoms with E-state index in [9.17, 15) is 9.59 Å². The third-order valence-corrected chi connectivity index (χ3v) is 4.16. The molecule has 0 atom stereocenters. The number of aromatic carboxylic acids is 1. The van der Waals surface area contributed by atoms with Crippen LogP contribution in [0.25, 0.3) is 0 Å². The summed E-state index contributed by atoms with van der Waals surface area (Å²) in [7, 11) is 0. The summed E-state index contributed by atoms with van der Waals surface area (Å²) in [4.78, 5) is 22.7. The zero-order chi connectivity index (χ0) is 17.4. The van der Waals surface area contributed by atoms with Crippen molar-refractivity contribution in [2.75, 3.05) is 17.7 Å². The van der Waals surface area contributed by atoms with Gasteiger partial charge in [0.1, 0.15) is 5.75 Å². The molecule has 0 bridgehead atoms. The Morgan fingerprint density at radius 1 is 1.08 bits per heavy atom. The molecule has 0 spiro atoms. The van der Waals surface area contributed by atoms with E-state index >= 15 is 0 Å². The lowest BCUT2D eigenvalue weighted by atomic mass is 10.1. The first-order valence-corrected chi connectivity index (χ1v) is 8.66. The predicted molar refractivity (Wildman–Crippen MR) is 95.8 cm³/mol. The predicted octanol–water partition coefficient (Wildman–Crippen LogP) is 3.66. The molecule has 0 aliphatic carbocycles. The van der Waals surface area contributed by atoms with Crippen molar-refractivity contribution in [1.82, 2.24) is 0 Å². The van der Waals surface area contributed by atoms with Crippen LogP contribution in [0, 0.1) is 0 Å². The summed E-state index contributed by atoms with van der Waals surface area (Å²) < 4.78 is 5.35. The van der Waals surface area contributed by atoms with Gasteiger partial charge in [-0.3, -0.25) is 4.79 Å². The van der Waals surface area contributed by atoms with E-state index < -0.39 is 5.97 Å². The molecular formula is C18H19NO4S. The highest BCUT2D eigenvalue weighted by Crippen LogP contribution is 2.17. The molecule has 2 N–H and O–H groups in total. The van der Waals surface area contributed by atoms with Crippen LogP contribution in [0.3, 0.4) is 0 Å². The van der Waals surface area contributed by atoms with E-state index in [-0.39, 0.29) is 11.5 Å². The zero-order valence-electron chi connectivity index (χ0n) is 13.3. The van der Waals surface area contributed by atoms with Gasteiger partial charge in [0.15, 0.2) is 0 Å². The molecule has 0 unspecified atom stereocenters. The summed E-state index contributed by atoms with van der Waals surface area (Å²) >= 11 is 1.48. The summed E-state index contributed by atoms with van der Waals surface area (Å²) in [5.74, 6) is 0.731. The molecule has 2 aromatic rings. The number of ether oxygens (including phenoxy) is 1. The minimum Gasteiger partial charge on any atom is -0.494 e.